The maximum absolute atomic E-state index is 13.1. The quantitative estimate of drug-likeness (QED) is 0.847. The van der Waals surface area contributed by atoms with E-state index >= 15 is 0 Å². The lowest BCUT2D eigenvalue weighted by molar-refractivity contribution is 0.102. The average molecular weight is 244 g/mol. The number of carbonyl (C=O) groups excluding carboxylic acids is 1. The van der Waals surface area contributed by atoms with Gasteiger partial charge in [0.25, 0.3) is 5.91 Å². The van der Waals surface area contributed by atoms with Crippen molar-refractivity contribution in [2.45, 2.75) is 6.92 Å². The number of hydrogen-bond acceptors (Lipinski definition) is 3. The molecule has 0 radical (unpaired) electrons. The summed E-state index contributed by atoms with van der Waals surface area (Å²) in [5, 5.41) is 17.4. The first-order valence-corrected chi connectivity index (χ1v) is 5.13. The molecule has 0 fully saturated rings. The third kappa shape index (κ3) is 2.20. The minimum absolute atomic E-state index is 0.200. The molecular formula is C12H9FN4O. The van der Waals surface area contributed by atoms with Gasteiger partial charge in [0.1, 0.15) is 23.3 Å². The average Bonchev–Trinajstić information content (AvgIpc) is 2.79. The zero-order valence-electron chi connectivity index (χ0n) is 9.49. The lowest BCUT2D eigenvalue weighted by Gasteiger charge is -2.06. The van der Waals surface area contributed by atoms with Crippen LogP contribution in [-0.4, -0.2) is 16.1 Å². The number of rotatable bonds is 2. The summed E-state index contributed by atoms with van der Waals surface area (Å²) in [5.74, 6) is -0.783. The second-order valence-electron chi connectivity index (χ2n) is 3.68. The minimum atomic E-state index is -0.493. The van der Waals surface area contributed by atoms with Crippen LogP contribution >= 0.6 is 0 Å². The van der Waals surface area contributed by atoms with Crippen LogP contribution in [0, 0.1) is 24.1 Å². The third-order valence-electron chi connectivity index (χ3n) is 2.44. The Kier molecular flexibility index (Phi) is 3.06. The highest BCUT2D eigenvalue weighted by Crippen LogP contribution is 2.14. The molecule has 0 bridgehead atoms. The zero-order chi connectivity index (χ0) is 13.1. The van der Waals surface area contributed by atoms with Crippen molar-refractivity contribution in [3.8, 4) is 6.07 Å². The van der Waals surface area contributed by atoms with E-state index in [-0.39, 0.29) is 16.9 Å². The van der Waals surface area contributed by atoms with Crippen molar-refractivity contribution < 1.29 is 9.18 Å². The number of halogens is 1. The first-order valence-electron chi connectivity index (χ1n) is 5.13. The van der Waals surface area contributed by atoms with Crippen LogP contribution in [0.25, 0.3) is 0 Å². The Bertz CT molecular complexity index is 642. The molecule has 0 atom stereocenters. The van der Waals surface area contributed by atoms with E-state index in [1.165, 1.54) is 18.3 Å². The predicted octanol–water partition coefficient (Wildman–Crippen LogP) is 1.98. The molecule has 1 aromatic heterocycles. The number of aromatic amines is 1. The van der Waals surface area contributed by atoms with Crippen LogP contribution in [0.4, 0.5) is 10.2 Å². The number of nitrogens with one attached hydrogen (secondary N) is 2. The number of benzene rings is 1. The van der Waals surface area contributed by atoms with Crippen molar-refractivity contribution >= 4 is 11.7 Å². The molecule has 2 rings (SSSR count). The number of carbonyl (C=O) groups is 1. The lowest BCUT2D eigenvalue weighted by atomic mass is 10.1. The Balaban J connectivity index is 2.28. The molecule has 1 aromatic carbocycles. The molecular weight excluding hydrogens is 235 g/mol. The van der Waals surface area contributed by atoms with E-state index in [1.54, 1.807) is 6.92 Å². The number of H-pyrrole nitrogens is 1. The van der Waals surface area contributed by atoms with E-state index in [4.69, 9.17) is 5.26 Å². The van der Waals surface area contributed by atoms with Gasteiger partial charge in [-0.05, 0) is 24.6 Å². The topological polar surface area (TPSA) is 81.6 Å². The number of hydrogen-bond donors (Lipinski definition) is 2. The summed E-state index contributed by atoms with van der Waals surface area (Å²) in [5.41, 5.74) is 1.08. The molecule has 0 aliphatic rings. The molecule has 6 heteroatoms. The Hall–Kier alpha value is -2.68. The molecule has 2 aromatic rings. The third-order valence-corrected chi connectivity index (χ3v) is 2.44. The van der Waals surface area contributed by atoms with Crippen molar-refractivity contribution in [2.24, 2.45) is 0 Å². The van der Waals surface area contributed by atoms with Gasteiger partial charge < -0.3 is 5.32 Å². The fourth-order valence-electron chi connectivity index (χ4n) is 1.49. The van der Waals surface area contributed by atoms with Crippen molar-refractivity contribution in [2.75, 3.05) is 5.32 Å². The normalized spacial score (nSPS) is 9.83. The fourth-order valence-corrected chi connectivity index (χ4v) is 1.49. The van der Waals surface area contributed by atoms with Crippen molar-refractivity contribution in [3.05, 3.63) is 46.9 Å². The largest absolute Gasteiger partial charge is 0.306 e. The summed E-state index contributed by atoms with van der Waals surface area (Å²) < 4.78 is 13.1. The van der Waals surface area contributed by atoms with Gasteiger partial charge in [0.15, 0.2) is 0 Å². The molecule has 90 valence electrons. The second kappa shape index (κ2) is 4.67. The van der Waals surface area contributed by atoms with Crippen LogP contribution in [0.2, 0.25) is 0 Å². The molecule has 0 aliphatic heterocycles. The van der Waals surface area contributed by atoms with Crippen LogP contribution < -0.4 is 5.32 Å². The Morgan fingerprint density at radius 3 is 3.06 bits per heavy atom. The molecule has 1 heterocycles. The standard InChI is InChI=1S/C12H9FN4O/c1-7-2-3-9(13)4-10(7)12(18)16-11-8(5-14)6-15-17-11/h2-4,6H,1H3,(H2,15,16,17,18). The van der Waals surface area contributed by atoms with E-state index in [0.717, 1.165) is 6.07 Å². The van der Waals surface area contributed by atoms with Gasteiger partial charge in [0.2, 0.25) is 0 Å². The second-order valence-corrected chi connectivity index (χ2v) is 3.68. The van der Waals surface area contributed by atoms with Gasteiger partial charge in [-0.3, -0.25) is 9.89 Å². The molecule has 0 unspecified atom stereocenters. The molecule has 5 nitrogen and oxygen atoms in total. The fraction of sp³-hybridized carbons (Fsp3) is 0.0833. The van der Waals surface area contributed by atoms with Gasteiger partial charge in [0, 0.05) is 5.56 Å². The lowest BCUT2D eigenvalue weighted by Crippen LogP contribution is -2.14. The summed E-state index contributed by atoms with van der Waals surface area (Å²) in [7, 11) is 0. The zero-order valence-corrected chi connectivity index (χ0v) is 9.49. The molecule has 0 saturated carbocycles. The summed E-state index contributed by atoms with van der Waals surface area (Å²) in [6.45, 7) is 1.70. The molecule has 2 N–H and O–H groups in total. The van der Waals surface area contributed by atoms with Gasteiger partial charge in [-0.15, -0.1) is 0 Å². The van der Waals surface area contributed by atoms with Crippen LogP contribution in [0.5, 0.6) is 0 Å². The molecule has 0 aliphatic carbocycles. The smallest absolute Gasteiger partial charge is 0.257 e. The van der Waals surface area contributed by atoms with Gasteiger partial charge in [0.05, 0.1) is 6.20 Å². The van der Waals surface area contributed by atoms with Crippen LogP contribution in [0.15, 0.2) is 24.4 Å². The Morgan fingerprint density at radius 2 is 2.33 bits per heavy atom. The Morgan fingerprint density at radius 1 is 1.56 bits per heavy atom. The van der Waals surface area contributed by atoms with Crippen LogP contribution in [0.3, 0.4) is 0 Å². The number of aromatic nitrogens is 2. The van der Waals surface area contributed by atoms with E-state index in [2.05, 4.69) is 15.5 Å². The maximum atomic E-state index is 13.1. The van der Waals surface area contributed by atoms with Gasteiger partial charge >= 0.3 is 0 Å². The Labute approximate surface area is 102 Å². The number of nitrogens with zero attached hydrogens (tertiary/aromatic N) is 2. The first kappa shape index (κ1) is 11.8. The summed E-state index contributed by atoms with van der Waals surface area (Å²) in [6, 6.07) is 5.82. The molecule has 0 saturated heterocycles. The summed E-state index contributed by atoms with van der Waals surface area (Å²) >= 11 is 0. The molecule has 18 heavy (non-hydrogen) atoms. The van der Waals surface area contributed by atoms with Crippen molar-refractivity contribution in [1.82, 2.24) is 10.2 Å². The SMILES string of the molecule is Cc1ccc(F)cc1C(=O)Nc1[nH]ncc1C#N. The van der Waals surface area contributed by atoms with E-state index in [0.29, 0.717) is 5.56 Å². The highest BCUT2D eigenvalue weighted by molar-refractivity contribution is 6.05. The maximum Gasteiger partial charge on any atom is 0.257 e. The highest BCUT2D eigenvalue weighted by Gasteiger charge is 2.13. The summed E-state index contributed by atoms with van der Waals surface area (Å²) in [4.78, 5) is 11.9. The number of anilines is 1. The number of aryl methyl sites for hydroxylation is 1. The monoisotopic (exact) mass is 244 g/mol. The van der Waals surface area contributed by atoms with Gasteiger partial charge in [-0.2, -0.15) is 10.4 Å². The van der Waals surface area contributed by atoms with Crippen LogP contribution in [0.1, 0.15) is 21.5 Å². The molecule has 0 spiro atoms. The van der Waals surface area contributed by atoms with Gasteiger partial charge in [-0.25, -0.2) is 4.39 Å². The highest BCUT2D eigenvalue weighted by atomic mass is 19.1. The van der Waals surface area contributed by atoms with E-state index in [1.807, 2.05) is 6.07 Å². The van der Waals surface area contributed by atoms with E-state index in [9.17, 15) is 9.18 Å². The number of nitriles is 1. The van der Waals surface area contributed by atoms with Gasteiger partial charge in [-0.1, -0.05) is 6.07 Å². The molecule has 1 amide bonds. The summed E-state index contributed by atoms with van der Waals surface area (Å²) in [6.07, 6.45) is 1.30. The van der Waals surface area contributed by atoms with E-state index < -0.39 is 11.7 Å². The first-order chi connectivity index (χ1) is 8.61. The van der Waals surface area contributed by atoms with Crippen molar-refractivity contribution in [3.63, 3.8) is 0 Å². The van der Waals surface area contributed by atoms with Crippen molar-refractivity contribution in [1.29, 1.82) is 5.26 Å². The van der Waals surface area contributed by atoms with Crippen LogP contribution in [-0.2, 0) is 0 Å². The predicted molar refractivity (Wildman–Crippen MR) is 62.4 cm³/mol. The number of amides is 1. The minimum Gasteiger partial charge on any atom is -0.306 e.